The maximum atomic E-state index is 12.3. The normalized spacial score (nSPS) is 11.3. The van der Waals surface area contributed by atoms with Crippen LogP contribution in [0.25, 0.3) is 0 Å². The third kappa shape index (κ3) is 4.39. The molecule has 1 aromatic carbocycles. The van der Waals surface area contributed by atoms with E-state index in [0.717, 1.165) is 0 Å². The number of hydrogen-bond donors (Lipinski definition) is 0. The average molecular weight is 264 g/mol. The van der Waals surface area contributed by atoms with Crippen molar-refractivity contribution in [2.24, 2.45) is 0 Å². The van der Waals surface area contributed by atoms with Crippen LogP contribution in [0.15, 0.2) is 24.3 Å². The van der Waals surface area contributed by atoms with Crippen molar-refractivity contribution in [3.63, 3.8) is 0 Å². The highest BCUT2D eigenvalue weighted by atomic mass is 16.6. The van der Waals surface area contributed by atoms with Crippen LogP contribution < -0.4 is 4.74 Å². The second-order valence-electron chi connectivity index (χ2n) is 5.13. The second-order valence-corrected chi connectivity index (χ2v) is 5.13. The number of ether oxygens (including phenoxy) is 2. The zero-order valence-corrected chi connectivity index (χ0v) is 12.0. The first kappa shape index (κ1) is 15.2. The van der Waals surface area contributed by atoms with Crippen LogP contribution in [0.5, 0.6) is 5.75 Å². The van der Waals surface area contributed by atoms with Crippen molar-refractivity contribution in [1.82, 2.24) is 0 Å². The zero-order valence-electron chi connectivity index (χ0n) is 12.0. The summed E-state index contributed by atoms with van der Waals surface area (Å²) in [5.41, 5.74) is -0.716. The molecule has 0 aromatic heterocycles. The molecule has 4 heteroatoms. The topological polar surface area (TPSA) is 52.6 Å². The van der Waals surface area contributed by atoms with Gasteiger partial charge in [-0.3, -0.25) is 9.59 Å². The van der Waals surface area contributed by atoms with Gasteiger partial charge in [-0.2, -0.15) is 0 Å². The van der Waals surface area contributed by atoms with Crippen LogP contribution in [0, 0.1) is 0 Å². The van der Waals surface area contributed by atoms with Crippen LogP contribution in [-0.2, 0) is 9.53 Å². The van der Waals surface area contributed by atoms with Gasteiger partial charge in [-0.05, 0) is 39.8 Å². The Balaban J connectivity index is 2.96. The Morgan fingerprint density at radius 3 is 2.37 bits per heavy atom. The predicted octanol–water partition coefficient (Wildman–Crippen LogP) is 3.00. The Morgan fingerprint density at radius 1 is 1.21 bits per heavy atom. The number of rotatable bonds is 5. The van der Waals surface area contributed by atoms with Gasteiger partial charge in [0, 0.05) is 12.5 Å². The van der Waals surface area contributed by atoms with Crippen LogP contribution in [0.1, 0.15) is 45.0 Å². The first-order valence-corrected chi connectivity index (χ1v) is 6.23. The fourth-order valence-electron chi connectivity index (χ4n) is 1.74. The van der Waals surface area contributed by atoms with Crippen molar-refractivity contribution >= 4 is 11.8 Å². The zero-order chi connectivity index (χ0) is 14.6. The molecule has 0 aliphatic rings. The summed E-state index contributed by atoms with van der Waals surface area (Å²) in [7, 11) is 0. The number of carbonyl (C=O) groups is 2. The van der Waals surface area contributed by atoms with Crippen LogP contribution >= 0.6 is 0 Å². The number of Topliss-reactive ketones (excluding diaryl/α,β-unsaturated/α-hetero) is 1. The Labute approximate surface area is 113 Å². The predicted molar refractivity (Wildman–Crippen MR) is 72.4 cm³/mol. The number of carbonyl (C=O) groups excluding carboxylic acids is 2. The fourth-order valence-corrected chi connectivity index (χ4v) is 1.74. The van der Waals surface area contributed by atoms with Crippen LogP contribution in [0.3, 0.4) is 0 Å². The van der Waals surface area contributed by atoms with Crippen LogP contribution in [-0.4, -0.2) is 23.5 Å². The first-order chi connectivity index (χ1) is 8.72. The van der Waals surface area contributed by atoms with Crippen LogP contribution in [0.4, 0.5) is 0 Å². The molecular formula is C15H20O4. The summed E-state index contributed by atoms with van der Waals surface area (Å²) in [4.78, 5) is 23.3. The molecule has 0 heterocycles. The van der Waals surface area contributed by atoms with Gasteiger partial charge in [-0.1, -0.05) is 12.1 Å². The molecule has 0 fully saturated rings. The molecule has 1 rings (SSSR count). The molecule has 0 aliphatic heterocycles. The summed E-state index contributed by atoms with van der Waals surface area (Å²) in [6.07, 6.45) is 0.0341. The third-order valence-electron chi connectivity index (χ3n) is 2.41. The van der Waals surface area contributed by atoms with E-state index in [4.69, 9.17) is 9.47 Å². The molecule has 4 nitrogen and oxygen atoms in total. The van der Waals surface area contributed by atoms with E-state index < -0.39 is 11.6 Å². The maximum absolute atomic E-state index is 12.3. The molecule has 0 spiro atoms. The van der Waals surface area contributed by atoms with E-state index >= 15 is 0 Å². The SMILES string of the molecule is CC(=O)OC(C)(C)C(=O)c1cccc(OC(C)C)c1. The lowest BCUT2D eigenvalue weighted by Gasteiger charge is -2.23. The number of hydrogen-bond acceptors (Lipinski definition) is 4. The molecule has 0 saturated carbocycles. The lowest BCUT2D eigenvalue weighted by atomic mass is 9.96. The minimum Gasteiger partial charge on any atom is -0.491 e. The number of benzene rings is 1. The van der Waals surface area contributed by atoms with Crippen molar-refractivity contribution in [2.75, 3.05) is 0 Å². The van der Waals surface area contributed by atoms with E-state index in [1.165, 1.54) is 6.92 Å². The van der Waals surface area contributed by atoms with Gasteiger partial charge in [0.25, 0.3) is 0 Å². The Kier molecular flexibility index (Phi) is 4.70. The largest absolute Gasteiger partial charge is 0.491 e. The van der Waals surface area contributed by atoms with Crippen molar-refractivity contribution < 1.29 is 19.1 Å². The van der Waals surface area contributed by atoms with E-state index in [1.54, 1.807) is 38.1 Å². The molecular weight excluding hydrogens is 244 g/mol. The highest BCUT2D eigenvalue weighted by molar-refractivity contribution is 6.03. The summed E-state index contributed by atoms with van der Waals surface area (Å²) < 4.78 is 10.6. The highest BCUT2D eigenvalue weighted by Crippen LogP contribution is 2.21. The first-order valence-electron chi connectivity index (χ1n) is 6.23. The smallest absolute Gasteiger partial charge is 0.303 e. The fraction of sp³-hybridized carbons (Fsp3) is 0.467. The van der Waals surface area contributed by atoms with E-state index in [0.29, 0.717) is 11.3 Å². The summed E-state index contributed by atoms with van der Waals surface area (Å²) in [5, 5.41) is 0. The van der Waals surface area contributed by atoms with E-state index in [9.17, 15) is 9.59 Å². The number of ketones is 1. The van der Waals surface area contributed by atoms with Gasteiger partial charge in [-0.15, -0.1) is 0 Å². The standard InChI is InChI=1S/C15H20O4/c1-10(2)18-13-8-6-7-12(9-13)14(17)15(4,5)19-11(3)16/h6-10H,1-5H3. The average Bonchev–Trinajstić information content (AvgIpc) is 2.25. The summed E-state index contributed by atoms with van der Waals surface area (Å²) in [5.74, 6) is -0.107. The van der Waals surface area contributed by atoms with Gasteiger partial charge in [0.15, 0.2) is 5.60 Å². The van der Waals surface area contributed by atoms with Crippen molar-refractivity contribution in [1.29, 1.82) is 0 Å². The lowest BCUT2D eigenvalue weighted by Crippen LogP contribution is -2.36. The number of esters is 1. The molecule has 0 atom stereocenters. The third-order valence-corrected chi connectivity index (χ3v) is 2.41. The monoisotopic (exact) mass is 264 g/mol. The van der Waals surface area contributed by atoms with E-state index in [-0.39, 0.29) is 11.9 Å². The quantitative estimate of drug-likeness (QED) is 0.606. The summed E-state index contributed by atoms with van der Waals surface area (Å²) >= 11 is 0. The molecule has 104 valence electrons. The summed E-state index contributed by atoms with van der Waals surface area (Å²) in [6, 6.07) is 6.87. The second kappa shape index (κ2) is 5.87. The minimum atomic E-state index is -1.18. The summed E-state index contributed by atoms with van der Waals surface area (Å²) in [6.45, 7) is 8.27. The molecule has 0 N–H and O–H groups in total. The highest BCUT2D eigenvalue weighted by Gasteiger charge is 2.32. The van der Waals surface area contributed by atoms with Crippen molar-refractivity contribution in [3.8, 4) is 5.75 Å². The Hall–Kier alpha value is -1.84. The Bertz CT molecular complexity index is 475. The molecule has 0 bridgehead atoms. The maximum Gasteiger partial charge on any atom is 0.303 e. The molecule has 0 radical (unpaired) electrons. The van der Waals surface area contributed by atoms with Crippen LogP contribution in [0.2, 0.25) is 0 Å². The van der Waals surface area contributed by atoms with Gasteiger partial charge in [0.05, 0.1) is 6.10 Å². The van der Waals surface area contributed by atoms with E-state index in [2.05, 4.69) is 0 Å². The van der Waals surface area contributed by atoms with Gasteiger partial charge < -0.3 is 9.47 Å². The minimum absolute atomic E-state index is 0.0341. The Morgan fingerprint density at radius 2 is 1.84 bits per heavy atom. The molecule has 1 aromatic rings. The molecule has 19 heavy (non-hydrogen) atoms. The molecule has 0 amide bonds. The molecule has 0 saturated heterocycles. The van der Waals surface area contributed by atoms with Gasteiger partial charge in [0.2, 0.25) is 5.78 Å². The van der Waals surface area contributed by atoms with E-state index in [1.807, 2.05) is 13.8 Å². The van der Waals surface area contributed by atoms with Gasteiger partial charge in [0.1, 0.15) is 5.75 Å². The molecule has 0 unspecified atom stereocenters. The molecule has 0 aliphatic carbocycles. The van der Waals surface area contributed by atoms with Crippen molar-refractivity contribution in [2.45, 2.75) is 46.3 Å². The van der Waals surface area contributed by atoms with Gasteiger partial charge in [-0.25, -0.2) is 0 Å². The lowest BCUT2D eigenvalue weighted by molar-refractivity contribution is -0.149. The van der Waals surface area contributed by atoms with Crippen molar-refractivity contribution in [3.05, 3.63) is 29.8 Å². The van der Waals surface area contributed by atoms with Gasteiger partial charge >= 0.3 is 5.97 Å².